The van der Waals surface area contributed by atoms with Gasteiger partial charge in [-0.3, -0.25) is 0 Å². The highest BCUT2D eigenvalue weighted by Crippen LogP contribution is 2.19. The van der Waals surface area contributed by atoms with Crippen LogP contribution in [-0.4, -0.2) is 16.9 Å². The van der Waals surface area contributed by atoms with Crippen molar-refractivity contribution < 1.29 is 13.5 Å². The standard InChI is InChI=1S/C13H15F2N3O/c1-9-12(8-18(17-9)13(14)15)16-7-10-3-5-11(19-2)6-4-10/h3-6,8,13,16H,7H2,1-2H3. The zero-order valence-electron chi connectivity index (χ0n) is 10.7. The molecular weight excluding hydrogens is 252 g/mol. The molecule has 0 saturated carbocycles. The number of hydrogen-bond donors (Lipinski definition) is 1. The van der Waals surface area contributed by atoms with Crippen molar-refractivity contribution in [3.05, 3.63) is 41.7 Å². The van der Waals surface area contributed by atoms with Gasteiger partial charge in [0.05, 0.1) is 24.7 Å². The van der Waals surface area contributed by atoms with Crippen molar-refractivity contribution in [1.82, 2.24) is 9.78 Å². The van der Waals surface area contributed by atoms with Crippen molar-refractivity contribution in [3.63, 3.8) is 0 Å². The van der Waals surface area contributed by atoms with Gasteiger partial charge < -0.3 is 10.1 Å². The fraction of sp³-hybridized carbons (Fsp3) is 0.308. The molecule has 0 atom stereocenters. The van der Waals surface area contributed by atoms with Crippen molar-refractivity contribution in [3.8, 4) is 5.75 Å². The molecule has 0 aliphatic heterocycles. The average molecular weight is 267 g/mol. The summed E-state index contributed by atoms with van der Waals surface area (Å²) in [5, 5.41) is 6.82. The maximum Gasteiger partial charge on any atom is 0.333 e. The Hall–Kier alpha value is -2.11. The maximum atomic E-state index is 12.5. The summed E-state index contributed by atoms with van der Waals surface area (Å²) in [4.78, 5) is 0. The quantitative estimate of drug-likeness (QED) is 0.904. The predicted octanol–water partition coefficient (Wildman–Crippen LogP) is 3.21. The second kappa shape index (κ2) is 5.69. The summed E-state index contributed by atoms with van der Waals surface area (Å²) in [6.07, 6.45) is 1.31. The van der Waals surface area contributed by atoms with Crippen LogP contribution in [0.2, 0.25) is 0 Å². The SMILES string of the molecule is COc1ccc(CNc2cn(C(F)F)nc2C)cc1. The molecule has 0 unspecified atom stereocenters. The van der Waals surface area contributed by atoms with Gasteiger partial charge in [-0.1, -0.05) is 12.1 Å². The van der Waals surface area contributed by atoms with Crippen LogP contribution < -0.4 is 10.1 Å². The molecule has 0 spiro atoms. The van der Waals surface area contributed by atoms with E-state index in [0.29, 0.717) is 22.6 Å². The van der Waals surface area contributed by atoms with Crippen molar-refractivity contribution in [2.45, 2.75) is 20.0 Å². The smallest absolute Gasteiger partial charge is 0.333 e. The number of aryl methyl sites for hydroxylation is 1. The lowest BCUT2D eigenvalue weighted by Gasteiger charge is -2.06. The highest BCUT2D eigenvalue weighted by molar-refractivity contribution is 5.46. The summed E-state index contributed by atoms with van der Waals surface area (Å²) in [6, 6.07) is 7.54. The molecular formula is C13H15F2N3O. The number of nitrogens with one attached hydrogen (secondary N) is 1. The first-order valence-corrected chi connectivity index (χ1v) is 5.81. The van der Waals surface area contributed by atoms with Gasteiger partial charge in [0.25, 0.3) is 0 Å². The molecule has 0 aliphatic rings. The summed E-state index contributed by atoms with van der Waals surface area (Å²) in [6.45, 7) is -0.384. The lowest BCUT2D eigenvalue weighted by Crippen LogP contribution is -2.00. The fourth-order valence-corrected chi connectivity index (χ4v) is 1.70. The normalized spacial score (nSPS) is 10.8. The van der Waals surface area contributed by atoms with E-state index in [9.17, 15) is 8.78 Å². The Morgan fingerprint density at radius 1 is 1.32 bits per heavy atom. The number of aromatic nitrogens is 2. The molecule has 0 amide bonds. The Balaban J connectivity index is 2.01. The zero-order valence-corrected chi connectivity index (χ0v) is 10.7. The van der Waals surface area contributed by atoms with E-state index in [1.165, 1.54) is 6.20 Å². The van der Waals surface area contributed by atoms with Gasteiger partial charge in [0.15, 0.2) is 0 Å². The van der Waals surface area contributed by atoms with Gasteiger partial charge in [0.1, 0.15) is 5.75 Å². The topological polar surface area (TPSA) is 39.1 Å². The molecule has 4 nitrogen and oxygen atoms in total. The summed E-state index contributed by atoms with van der Waals surface area (Å²) >= 11 is 0. The lowest BCUT2D eigenvalue weighted by molar-refractivity contribution is 0.0563. The van der Waals surface area contributed by atoms with E-state index >= 15 is 0 Å². The van der Waals surface area contributed by atoms with Crippen LogP contribution in [0.25, 0.3) is 0 Å². The first-order chi connectivity index (χ1) is 9.10. The van der Waals surface area contributed by atoms with Gasteiger partial charge in [0, 0.05) is 6.54 Å². The third-order valence-electron chi connectivity index (χ3n) is 2.76. The predicted molar refractivity (Wildman–Crippen MR) is 68.5 cm³/mol. The van der Waals surface area contributed by atoms with Crippen LogP contribution in [0.3, 0.4) is 0 Å². The van der Waals surface area contributed by atoms with Crippen LogP contribution in [0, 0.1) is 6.92 Å². The summed E-state index contributed by atoms with van der Waals surface area (Å²) in [5.41, 5.74) is 2.19. The van der Waals surface area contributed by atoms with E-state index in [-0.39, 0.29) is 0 Å². The van der Waals surface area contributed by atoms with Crippen LogP contribution in [0.4, 0.5) is 14.5 Å². The zero-order chi connectivity index (χ0) is 13.8. The van der Waals surface area contributed by atoms with Crippen LogP contribution in [0.15, 0.2) is 30.5 Å². The van der Waals surface area contributed by atoms with Crippen molar-refractivity contribution >= 4 is 5.69 Å². The third kappa shape index (κ3) is 3.21. The van der Waals surface area contributed by atoms with E-state index in [1.807, 2.05) is 24.3 Å². The summed E-state index contributed by atoms with van der Waals surface area (Å²) < 4.78 is 30.6. The van der Waals surface area contributed by atoms with Crippen molar-refractivity contribution in [2.24, 2.45) is 0 Å². The monoisotopic (exact) mass is 267 g/mol. The number of nitrogens with zero attached hydrogens (tertiary/aromatic N) is 2. The van der Waals surface area contributed by atoms with Crippen molar-refractivity contribution in [1.29, 1.82) is 0 Å². The van der Waals surface area contributed by atoms with Crippen LogP contribution in [0.1, 0.15) is 17.8 Å². The van der Waals surface area contributed by atoms with Gasteiger partial charge >= 0.3 is 6.55 Å². The molecule has 2 aromatic rings. The molecule has 2 rings (SSSR count). The van der Waals surface area contributed by atoms with Gasteiger partial charge in [0.2, 0.25) is 0 Å². The largest absolute Gasteiger partial charge is 0.497 e. The summed E-state index contributed by atoms with van der Waals surface area (Å²) in [5.74, 6) is 0.783. The van der Waals surface area contributed by atoms with Gasteiger partial charge in [-0.25, -0.2) is 4.68 Å². The average Bonchev–Trinajstić information content (AvgIpc) is 2.79. The first kappa shape index (κ1) is 13.3. The molecule has 0 saturated heterocycles. The molecule has 0 aliphatic carbocycles. The molecule has 6 heteroatoms. The molecule has 1 aromatic heterocycles. The van der Waals surface area contributed by atoms with Crippen LogP contribution >= 0.6 is 0 Å². The minimum absolute atomic E-state index is 0.541. The van der Waals surface area contributed by atoms with Crippen molar-refractivity contribution in [2.75, 3.05) is 12.4 Å². The molecule has 1 N–H and O–H groups in total. The molecule has 0 bridgehead atoms. The molecule has 0 fully saturated rings. The lowest BCUT2D eigenvalue weighted by atomic mass is 10.2. The molecule has 102 valence electrons. The third-order valence-corrected chi connectivity index (χ3v) is 2.76. The van der Waals surface area contributed by atoms with Crippen LogP contribution in [0.5, 0.6) is 5.75 Å². The number of halogens is 2. The number of alkyl halides is 2. The minimum Gasteiger partial charge on any atom is -0.497 e. The first-order valence-electron chi connectivity index (χ1n) is 5.81. The van der Waals surface area contributed by atoms with Gasteiger partial charge in [-0.05, 0) is 24.6 Å². The number of rotatable bonds is 5. The summed E-state index contributed by atoms with van der Waals surface area (Å²) in [7, 11) is 1.61. The highest BCUT2D eigenvalue weighted by atomic mass is 19.3. The van der Waals surface area contributed by atoms with E-state index in [4.69, 9.17) is 4.74 Å². The van der Waals surface area contributed by atoms with Gasteiger partial charge in [-0.15, -0.1) is 0 Å². The van der Waals surface area contributed by atoms with E-state index in [1.54, 1.807) is 14.0 Å². The molecule has 1 heterocycles. The van der Waals surface area contributed by atoms with Gasteiger partial charge in [-0.2, -0.15) is 13.9 Å². The van der Waals surface area contributed by atoms with E-state index < -0.39 is 6.55 Å². The number of hydrogen-bond acceptors (Lipinski definition) is 3. The maximum absolute atomic E-state index is 12.5. The molecule has 1 aromatic carbocycles. The molecule has 0 radical (unpaired) electrons. The second-order valence-electron chi connectivity index (χ2n) is 4.09. The van der Waals surface area contributed by atoms with Crippen LogP contribution in [-0.2, 0) is 6.54 Å². The number of benzene rings is 1. The second-order valence-corrected chi connectivity index (χ2v) is 4.09. The Morgan fingerprint density at radius 2 is 2.00 bits per heavy atom. The number of anilines is 1. The Bertz CT molecular complexity index is 537. The molecule has 19 heavy (non-hydrogen) atoms. The van der Waals surface area contributed by atoms with E-state index in [2.05, 4.69) is 10.4 Å². The Morgan fingerprint density at radius 3 is 2.53 bits per heavy atom. The minimum atomic E-state index is -2.62. The number of ether oxygens (including phenoxy) is 1. The Labute approximate surface area is 110 Å². The Kier molecular flexibility index (Phi) is 3.99. The number of methoxy groups -OCH3 is 1. The van der Waals surface area contributed by atoms with E-state index in [0.717, 1.165) is 11.3 Å². The fourth-order valence-electron chi connectivity index (χ4n) is 1.70. The highest BCUT2D eigenvalue weighted by Gasteiger charge is 2.10.